The zero-order chi connectivity index (χ0) is 28.6. The molecule has 0 N–H and O–H groups in total. The van der Waals surface area contributed by atoms with Crippen molar-refractivity contribution in [1.82, 2.24) is 0 Å². The first-order valence-electron chi connectivity index (χ1n) is 12.0. The van der Waals surface area contributed by atoms with Gasteiger partial charge in [0.2, 0.25) is 0 Å². The molecule has 0 aliphatic rings. The van der Waals surface area contributed by atoms with Crippen molar-refractivity contribution in [2.24, 2.45) is 0 Å². The van der Waals surface area contributed by atoms with Gasteiger partial charge in [0.25, 0.3) is 0 Å². The smallest absolute Gasteiger partial charge is 0.101 e. The van der Waals surface area contributed by atoms with Crippen molar-refractivity contribution >= 4 is 103 Å². The van der Waals surface area contributed by atoms with Crippen LogP contribution in [0.2, 0.25) is 0 Å². The van der Waals surface area contributed by atoms with E-state index in [9.17, 15) is 21.0 Å². The second-order valence-electron chi connectivity index (χ2n) is 8.28. The van der Waals surface area contributed by atoms with E-state index in [1.807, 2.05) is 95.7 Å². The van der Waals surface area contributed by atoms with Crippen LogP contribution in [0, 0.1) is 45.3 Å². The Balaban J connectivity index is 1.36. The lowest BCUT2D eigenvalue weighted by Gasteiger charge is -1.95. The fraction of sp³-hybridized carbons (Fsp3) is 0. The van der Waals surface area contributed by atoms with Crippen LogP contribution in [-0.2, 0) is 0 Å². The minimum absolute atomic E-state index is 0.517. The molecule has 0 unspecified atom stereocenters. The number of rotatable bonds is 8. The third kappa shape index (κ3) is 6.77. The summed E-state index contributed by atoms with van der Waals surface area (Å²) in [6.07, 6.45) is 7.37. The van der Waals surface area contributed by atoms with Gasteiger partial charge in [0.1, 0.15) is 24.3 Å². The lowest BCUT2D eigenvalue weighted by Crippen LogP contribution is -1.74. The van der Waals surface area contributed by atoms with Crippen molar-refractivity contribution in [3.8, 4) is 24.3 Å². The molecule has 0 aromatic carbocycles. The van der Waals surface area contributed by atoms with Crippen molar-refractivity contribution in [1.29, 1.82) is 21.0 Å². The highest BCUT2D eigenvalue weighted by molar-refractivity contribution is 7.16. The summed E-state index contributed by atoms with van der Waals surface area (Å²) in [7, 11) is 0. The second kappa shape index (κ2) is 13.2. The van der Waals surface area contributed by atoms with Gasteiger partial charge in [-0.3, -0.25) is 0 Å². The molecular formula is C32H16N4S5. The van der Waals surface area contributed by atoms with E-state index in [0.717, 1.165) is 39.0 Å². The second-order valence-corrected chi connectivity index (χ2v) is 13.6. The number of thiophene rings is 5. The van der Waals surface area contributed by atoms with Gasteiger partial charge in [0.05, 0.1) is 22.3 Å². The van der Waals surface area contributed by atoms with Crippen molar-refractivity contribution in [3.05, 3.63) is 110 Å². The van der Waals surface area contributed by atoms with Gasteiger partial charge >= 0.3 is 0 Å². The Kier molecular flexibility index (Phi) is 8.99. The Bertz CT molecular complexity index is 1980. The SMILES string of the molecule is N#C/C(=C/c1cccs1)c1ccc(/C=C(\C#N)c2ccc(/C=C(\C#N)c3ccc(/C=C(\C#N)c4cccs4)s3)s2)s1. The fourth-order valence-corrected chi connectivity index (χ4v) is 7.84. The molecule has 0 aliphatic heterocycles. The number of nitrogens with zero attached hydrogens (tertiary/aromatic N) is 4. The van der Waals surface area contributed by atoms with Gasteiger partial charge in [-0.1, -0.05) is 12.1 Å². The van der Waals surface area contributed by atoms with Gasteiger partial charge in [0, 0.05) is 39.0 Å². The van der Waals surface area contributed by atoms with E-state index in [1.54, 1.807) is 11.3 Å². The summed E-state index contributed by atoms with van der Waals surface area (Å²) in [5.74, 6) is 0. The number of hydrogen-bond acceptors (Lipinski definition) is 9. The van der Waals surface area contributed by atoms with Crippen molar-refractivity contribution < 1.29 is 0 Å². The van der Waals surface area contributed by atoms with Crippen molar-refractivity contribution in [3.63, 3.8) is 0 Å². The highest BCUT2D eigenvalue weighted by atomic mass is 32.1. The van der Waals surface area contributed by atoms with Crippen LogP contribution in [0.5, 0.6) is 0 Å². The average molecular weight is 617 g/mol. The summed E-state index contributed by atoms with van der Waals surface area (Å²) < 4.78 is 0. The zero-order valence-corrected chi connectivity index (χ0v) is 25.2. The maximum atomic E-state index is 9.89. The first kappa shape index (κ1) is 28.0. The van der Waals surface area contributed by atoms with Gasteiger partial charge in [-0.25, -0.2) is 0 Å². The molecule has 0 radical (unpaired) electrons. The van der Waals surface area contributed by atoms with Crippen LogP contribution in [0.15, 0.2) is 71.4 Å². The van der Waals surface area contributed by atoms with Crippen molar-refractivity contribution in [2.75, 3.05) is 0 Å². The first-order valence-corrected chi connectivity index (χ1v) is 16.2. The highest BCUT2D eigenvalue weighted by Gasteiger charge is 2.11. The summed E-state index contributed by atoms with van der Waals surface area (Å²) >= 11 is 7.45. The fourth-order valence-electron chi connectivity index (χ4n) is 3.73. The third-order valence-corrected chi connectivity index (χ3v) is 10.6. The van der Waals surface area contributed by atoms with E-state index < -0.39 is 0 Å². The van der Waals surface area contributed by atoms with E-state index >= 15 is 0 Å². The van der Waals surface area contributed by atoms with Crippen LogP contribution in [0.25, 0.3) is 46.6 Å². The molecule has 5 aromatic rings. The predicted molar refractivity (Wildman–Crippen MR) is 176 cm³/mol. The maximum absolute atomic E-state index is 9.89. The molecule has 0 amide bonds. The maximum Gasteiger partial charge on any atom is 0.101 e. The van der Waals surface area contributed by atoms with Gasteiger partial charge in [-0.2, -0.15) is 21.0 Å². The predicted octanol–water partition coefficient (Wildman–Crippen LogP) is 10.3. The Hall–Kier alpha value is -4.58. The molecule has 5 aromatic heterocycles. The van der Waals surface area contributed by atoms with E-state index in [0.29, 0.717) is 22.3 Å². The standard InChI is InChI=1S/C32H16N4S5/c33-17-21(29-4-2-12-38-29)14-26-5-9-31(39-26)23(19-35)16-28-7-10-32(41-28)24(20-36)15-27-6-8-30(40-27)22(18-34)13-25-3-1-11-37-25/h1-16H/b21-14+,22-13-,23-16+,24-15+. The third-order valence-electron chi connectivity index (χ3n) is 5.63. The van der Waals surface area contributed by atoms with Crippen molar-refractivity contribution in [2.45, 2.75) is 0 Å². The minimum atomic E-state index is 0.517. The molecule has 0 spiro atoms. The summed E-state index contributed by atoms with van der Waals surface area (Å²) in [5, 5.41) is 42.9. The summed E-state index contributed by atoms with van der Waals surface area (Å²) in [6.45, 7) is 0. The first-order chi connectivity index (χ1) is 20.1. The highest BCUT2D eigenvalue weighted by Crippen LogP contribution is 2.34. The number of nitriles is 4. The Morgan fingerprint density at radius 1 is 0.439 bits per heavy atom. The lowest BCUT2D eigenvalue weighted by atomic mass is 10.2. The average Bonchev–Trinajstić information content (AvgIpc) is 3.83. The van der Waals surface area contributed by atoms with Crippen LogP contribution in [0.3, 0.4) is 0 Å². The van der Waals surface area contributed by atoms with E-state index in [-0.39, 0.29) is 0 Å². The van der Waals surface area contributed by atoms with Gasteiger partial charge in [-0.15, -0.1) is 56.7 Å². The molecule has 5 heterocycles. The van der Waals surface area contributed by atoms with E-state index in [4.69, 9.17) is 0 Å². The largest absolute Gasteiger partial charge is 0.192 e. The Labute approximate surface area is 257 Å². The topological polar surface area (TPSA) is 95.2 Å². The molecular weight excluding hydrogens is 601 g/mol. The van der Waals surface area contributed by atoms with E-state index in [2.05, 4.69) is 24.3 Å². The van der Waals surface area contributed by atoms with Crippen LogP contribution in [0.4, 0.5) is 0 Å². The van der Waals surface area contributed by atoms with Gasteiger partial charge < -0.3 is 0 Å². The number of allylic oxidation sites excluding steroid dienone is 4. The molecule has 0 saturated carbocycles. The Morgan fingerprint density at radius 2 is 0.829 bits per heavy atom. The molecule has 0 saturated heterocycles. The molecule has 194 valence electrons. The Morgan fingerprint density at radius 3 is 1.20 bits per heavy atom. The quantitative estimate of drug-likeness (QED) is 0.162. The summed E-state index contributed by atoms with van der Waals surface area (Å²) in [6, 6.07) is 28.3. The van der Waals surface area contributed by atoms with Gasteiger partial charge in [-0.05, 0) is 83.6 Å². The molecule has 0 aliphatic carbocycles. The zero-order valence-electron chi connectivity index (χ0n) is 21.1. The van der Waals surface area contributed by atoms with E-state index in [1.165, 1.54) is 45.3 Å². The molecule has 9 heteroatoms. The van der Waals surface area contributed by atoms with Crippen LogP contribution < -0.4 is 0 Å². The normalized spacial score (nSPS) is 12.4. The lowest BCUT2D eigenvalue weighted by molar-refractivity contribution is 1.54. The molecule has 0 fully saturated rings. The number of hydrogen-bond donors (Lipinski definition) is 0. The van der Waals surface area contributed by atoms with Crippen LogP contribution in [0.1, 0.15) is 39.0 Å². The van der Waals surface area contributed by atoms with Crippen LogP contribution >= 0.6 is 56.7 Å². The molecule has 5 rings (SSSR count). The molecule has 4 nitrogen and oxygen atoms in total. The molecule has 41 heavy (non-hydrogen) atoms. The van der Waals surface area contributed by atoms with Gasteiger partial charge in [0.15, 0.2) is 0 Å². The summed E-state index contributed by atoms with van der Waals surface area (Å²) in [4.78, 5) is 7.01. The minimum Gasteiger partial charge on any atom is -0.192 e. The summed E-state index contributed by atoms with van der Waals surface area (Å²) in [5.41, 5.74) is 2.22. The van der Waals surface area contributed by atoms with Crippen LogP contribution in [-0.4, -0.2) is 0 Å². The monoisotopic (exact) mass is 616 g/mol. The molecule has 0 atom stereocenters. The molecule has 0 bridgehead atoms.